The number of sulfone groups is 1. The third-order valence-electron chi connectivity index (χ3n) is 2.91. The molecule has 1 aromatic rings. The fourth-order valence-electron chi connectivity index (χ4n) is 1.92. The van der Waals surface area contributed by atoms with E-state index in [1.165, 1.54) is 6.26 Å². The summed E-state index contributed by atoms with van der Waals surface area (Å²) in [6.45, 7) is 0.641. The number of amides is 1. The quantitative estimate of drug-likeness (QED) is 0.845. The number of carbonyl (C=O) groups is 1. The van der Waals surface area contributed by atoms with Gasteiger partial charge in [-0.25, -0.2) is 8.42 Å². The molecule has 1 aromatic carbocycles. The summed E-state index contributed by atoms with van der Waals surface area (Å²) in [6, 6.07) is 9.06. The smallest absolute Gasteiger partial charge is 0.245 e. The third-order valence-corrected chi connectivity index (χ3v) is 3.83. The standard InChI is InChI=1S/C12H16N2O3S/c1-18(16,17)8-7-14-9-13-11(12(14)15)10-5-3-2-4-6-10/h2-6,11,13H,7-9H2,1H3. The lowest BCUT2D eigenvalue weighted by molar-refractivity contribution is -0.128. The Morgan fingerprint density at radius 2 is 2.00 bits per heavy atom. The Kier molecular flexibility index (Phi) is 3.68. The fraction of sp³-hybridized carbons (Fsp3) is 0.417. The first-order chi connectivity index (χ1) is 8.47. The normalized spacial score (nSPS) is 20.4. The van der Waals surface area contributed by atoms with Crippen LogP contribution in [0, 0.1) is 0 Å². The van der Waals surface area contributed by atoms with Gasteiger partial charge in [-0.15, -0.1) is 0 Å². The van der Waals surface area contributed by atoms with Crippen LogP contribution in [0.3, 0.4) is 0 Å². The van der Waals surface area contributed by atoms with Crippen LogP contribution in [0.25, 0.3) is 0 Å². The molecule has 1 aliphatic rings. The first-order valence-corrected chi connectivity index (χ1v) is 7.78. The van der Waals surface area contributed by atoms with E-state index in [0.717, 1.165) is 5.56 Å². The molecule has 0 aromatic heterocycles. The summed E-state index contributed by atoms with van der Waals surface area (Å²) in [4.78, 5) is 13.6. The summed E-state index contributed by atoms with van der Waals surface area (Å²) in [6.07, 6.45) is 1.18. The van der Waals surface area contributed by atoms with Gasteiger partial charge in [0.05, 0.1) is 12.4 Å². The zero-order valence-electron chi connectivity index (χ0n) is 10.2. The van der Waals surface area contributed by atoms with Crippen molar-refractivity contribution in [3.63, 3.8) is 0 Å². The molecule has 6 heteroatoms. The first kappa shape index (κ1) is 13.0. The highest BCUT2D eigenvalue weighted by Gasteiger charge is 2.32. The van der Waals surface area contributed by atoms with Gasteiger partial charge in [0.1, 0.15) is 15.9 Å². The van der Waals surface area contributed by atoms with Crippen LogP contribution in [0.2, 0.25) is 0 Å². The second-order valence-electron chi connectivity index (χ2n) is 4.44. The number of hydrogen-bond acceptors (Lipinski definition) is 4. The van der Waals surface area contributed by atoms with E-state index in [4.69, 9.17) is 0 Å². The number of hydrogen-bond donors (Lipinski definition) is 1. The second-order valence-corrected chi connectivity index (χ2v) is 6.70. The van der Waals surface area contributed by atoms with Crippen molar-refractivity contribution >= 4 is 15.7 Å². The van der Waals surface area contributed by atoms with Gasteiger partial charge in [0, 0.05) is 12.8 Å². The molecule has 98 valence electrons. The molecule has 1 atom stereocenters. The molecule has 0 saturated carbocycles. The molecule has 0 bridgehead atoms. The van der Waals surface area contributed by atoms with Gasteiger partial charge < -0.3 is 4.90 Å². The summed E-state index contributed by atoms with van der Waals surface area (Å²) in [7, 11) is -3.04. The Hall–Kier alpha value is -1.40. The first-order valence-electron chi connectivity index (χ1n) is 5.72. The summed E-state index contributed by atoms with van der Waals surface area (Å²) in [5.41, 5.74) is 0.907. The molecule has 1 amide bonds. The molecular weight excluding hydrogens is 252 g/mol. The molecule has 18 heavy (non-hydrogen) atoms. The summed E-state index contributed by atoms with van der Waals surface area (Å²) in [5.74, 6) is -0.0630. The highest BCUT2D eigenvalue weighted by atomic mass is 32.2. The molecule has 1 heterocycles. The van der Waals surface area contributed by atoms with Gasteiger partial charge >= 0.3 is 0 Å². The van der Waals surface area contributed by atoms with Crippen molar-refractivity contribution in [2.45, 2.75) is 6.04 Å². The predicted molar refractivity (Wildman–Crippen MR) is 68.6 cm³/mol. The highest BCUT2D eigenvalue weighted by Crippen LogP contribution is 2.19. The van der Waals surface area contributed by atoms with Crippen molar-refractivity contribution in [2.75, 3.05) is 25.2 Å². The minimum absolute atomic E-state index is 0.00191. The monoisotopic (exact) mass is 268 g/mol. The lowest BCUT2D eigenvalue weighted by atomic mass is 10.1. The van der Waals surface area contributed by atoms with Gasteiger partial charge in [0.15, 0.2) is 0 Å². The number of carbonyl (C=O) groups excluding carboxylic acids is 1. The molecule has 0 radical (unpaired) electrons. The largest absolute Gasteiger partial charge is 0.327 e. The third kappa shape index (κ3) is 3.08. The van der Waals surface area contributed by atoms with Crippen molar-refractivity contribution in [3.8, 4) is 0 Å². The van der Waals surface area contributed by atoms with Crippen LogP contribution in [0.1, 0.15) is 11.6 Å². The van der Waals surface area contributed by atoms with E-state index in [9.17, 15) is 13.2 Å². The van der Waals surface area contributed by atoms with Gasteiger partial charge in [-0.1, -0.05) is 30.3 Å². The van der Waals surface area contributed by atoms with Crippen LogP contribution in [-0.2, 0) is 14.6 Å². The Bertz CT molecular complexity index is 528. The maximum Gasteiger partial charge on any atom is 0.245 e. The molecule has 1 fully saturated rings. The van der Waals surface area contributed by atoms with Gasteiger partial charge in [0.25, 0.3) is 0 Å². The number of nitrogens with one attached hydrogen (secondary N) is 1. The van der Waals surface area contributed by atoms with Crippen LogP contribution in [0.15, 0.2) is 30.3 Å². The average Bonchev–Trinajstić information content (AvgIpc) is 2.68. The van der Waals surface area contributed by atoms with E-state index in [0.29, 0.717) is 6.67 Å². The molecule has 0 spiro atoms. The Morgan fingerprint density at radius 1 is 1.33 bits per heavy atom. The Balaban J connectivity index is 2.02. The average molecular weight is 268 g/mol. The van der Waals surface area contributed by atoms with E-state index in [1.54, 1.807) is 4.90 Å². The van der Waals surface area contributed by atoms with Crippen molar-refractivity contribution in [2.24, 2.45) is 0 Å². The zero-order valence-corrected chi connectivity index (χ0v) is 11.0. The lowest BCUT2D eigenvalue weighted by Gasteiger charge is -2.14. The van der Waals surface area contributed by atoms with E-state index in [2.05, 4.69) is 5.32 Å². The topological polar surface area (TPSA) is 66.5 Å². The maximum atomic E-state index is 12.1. The summed E-state index contributed by atoms with van der Waals surface area (Å²) < 4.78 is 22.2. The van der Waals surface area contributed by atoms with Crippen LogP contribution < -0.4 is 5.32 Å². The fourth-order valence-corrected chi connectivity index (χ4v) is 2.47. The van der Waals surface area contributed by atoms with Crippen LogP contribution in [-0.4, -0.2) is 44.4 Å². The number of benzene rings is 1. The van der Waals surface area contributed by atoms with Crippen LogP contribution in [0.4, 0.5) is 0 Å². The highest BCUT2D eigenvalue weighted by molar-refractivity contribution is 7.90. The summed E-state index contributed by atoms with van der Waals surface area (Å²) >= 11 is 0. The minimum atomic E-state index is -3.04. The number of nitrogens with zero attached hydrogens (tertiary/aromatic N) is 1. The van der Waals surface area contributed by atoms with Crippen molar-refractivity contribution in [1.29, 1.82) is 0 Å². The molecule has 5 nitrogen and oxygen atoms in total. The molecule has 0 aliphatic carbocycles. The van der Waals surface area contributed by atoms with Gasteiger partial charge in [-0.05, 0) is 5.56 Å². The van der Waals surface area contributed by atoms with Crippen LogP contribution in [0.5, 0.6) is 0 Å². The Labute approximate surface area is 107 Å². The van der Waals surface area contributed by atoms with Crippen molar-refractivity contribution in [1.82, 2.24) is 10.2 Å². The maximum absolute atomic E-state index is 12.1. The predicted octanol–water partition coefficient (Wildman–Crippen LogP) is 0.162. The molecule has 1 aliphatic heterocycles. The molecule has 1 N–H and O–H groups in total. The van der Waals surface area contributed by atoms with Gasteiger partial charge in [-0.2, -0.15) is 0 Å². The van der Waals surface area contributed by atoms with Gasteiger partial charge in [-0.3, -0.25) is 10.1 Å². The summed E-state index contributed by atoms with van der Waals surface area (Å²) in [5, 5.41) is 3.09. The van der Waals surface area contributed by atoms with Crippen molar-refractivity contribution < 1.29 is 13.2 Å². The lowest BCUT2D eigenvalue weighted by Crippen LogP contribution is -2.31. The molecular formula is C12H16N2O3S. The number of rotatable bonds is 4. The minimum Gasteiger partial charge on any atom is -0.327 e. The van der Waals surface area contributed by atoms with Crippen molar-refractivity contribution in [3.05, 3.63) is 35.9 Å². The van der Waals surface area contributed by atoms with E-state index in [1.807, 2.05) is 30.3 Å². The SMILES string of the molecule is CS(=O)(=O)CCN1CNC(c2ccccc2)C1=O. The van der Waals surface area contributed by atoms with Gasteiger partial charge in [0.2, 0.25) is 5.91 Å². The molecule has 1 saturated heterocycles. The van der Waals surface area contributed by atoms with Crippen LogP contribution >= 0.6 is 0 Å². The zero-order chi connectivity index (χ0) is 13.2. The molecule has 1 unspecified atom stereocenters. The van der Waals surface area contributed by atoms with E-state index >= 15 is 0 Å². The second kappa shape index (κ2) is 5.07. The van der Waals surface area contributed by atoms with E-state index in [-0.39, 0.29) is 24.2 Å². The molecule has 2 rings (SSSR count). The van der Waals surface area contributed by atoms with E-state index < -0.39 is 9.84 Å². The Morgan fingerprint density at radius 3 is 2.61 bits per heavy atom.